The summed E-state index contributed by atoms with van der Waals surface area (Å²) in [5.41, 5.74) is 2.13. The average Bonchev–Trinajstić information content (AvgIpc) is 2.57. The van der Waals surface area contributed by atoms with E-state index in [4.69, 9.17) is 4.74 Å². The Kier molecular flexibility index (Phi) is 3.85. The Hall–Kier alpha value is -2.34. The minimum absolute atomic E-state index is 0.0804. The molecule has 3 aromatic rings. The largest absolute Gasteiger partial charge is 0.497 e. The maximum absolute atomic E-state index is 12.3. The number of pyridine rings is 1. The van der Waals surface area contributed by atoms with Crippen molar-refractivity contribution in [2.45, 2.75) is 5.16 Å². The molecule has 0 aliphatic carbocycles. The third kappa shape index (κ3) is 2.46. The van der Waals surface area contributed by atoms with Crippen LogP contribution in [0.3, 0.4) is 0 Å². The van der Waals surface area contributed by atoms with Crippen molar-refractivity contribution >= 4 is 22.8 Å². The third-order valence-electron chi connectivity index (χ3n) is 3.47. The van der Waals surface area contributed by atoms with Gasteiger partial charge in [-0.05, 0) is 42.7 Å². The average molecular weight is 313 g/mol. The number of aromatic nitrogens is 3. The van der Waals surface area contributed by atoms with Crippen LogP contribution in [0.25, 0.3) is 22.3 Å². The molecule has 0 amide bonds. The van der Waals surface area contributed by atoms with Gasteiger partial charge in [0.25, 0.3) is 5.56 Å². The van der Waals surface area contributed by atoms with Gasteiger partial charge in [0, 0.05) is 12.6 Å². The SMILES string of the molecule is COc1ccc(-c2ccc3c(=O)n(C)c(SC)nc3n2)cc1. The van der Waals surface area contributed by atoms with Crippen molar-refractivity contribution in [3.63, 3.8) is 0 Å². The van der Waals surface area contributed by atoms with E-state index in [0.717, 1.165) is 17.0 Å². The summed E-state index contributed by atoms with van der Waals surface area (Å²) in [5, 5.41) is 1.18. The molecule has 0 aliphatic heterocycles. The first-order valence-electron chi connectivity index (χ1n) is 6.70. The highest BCUT2D eigenvalue weighted by molar-refractivity contribution is 7.98. The smallest absolute Gasteiger partial charge is 0.263 e. The van der Waals surface area contributed by atoms with Crippen molar-refractivity contribution in [3.05, 3.63) is 46.8 Å². The minimum Gasteiger partial charge on any atom is -0.497 e. The minimum atomic E-state index is -0.0804. The summed E-state index contributed by atoms with van der Waals surface area (Å²) >= 11 is 1.43. The van der Waals surface area contributed by atoms with Gasteiger partial charge in [-0.2, -0.15) is 0 Å². The van der Waals surface area contributed by atoms with Crippen LogP contribution in [0.1, 0.15) is 0 Å². The molecule has 0 aliphatic rings. The monoisotopic (exact) mass is 313 g/mol. The number of hydrogen-bond acceptors (Lipinski definition) is 5. The van der Waals surface area contributed by atoms with E-state index in [1.165, 1.54) is 11.8 Å². The van der Waals surface area contributed by atoms with Gasteiger partial charge in [0.05, 0.1) is 18.2 Å². The number of hydrogen-bond donors (Lipinski definition) is 0. The summed E-state index contributed by atoms with van der Waals surface area (Å²) in [6, 6.07) is 11.2. The molecule has 0 fully saturated rings. The third-order valence-corrected chi connectivity index (χ3v) is 4.20. The Balaban J connectivity index is 2.16. The van der Waals surface area contributed by atoms with E-state index in [0.29, 0.717) is 16.2 Å². The Labute approximate surface area is 132 Å². The van der Waals surface area contributed by atoms with E-state index in [1.54, 1.807) is 24.8 Å². The molecule has 0 radical (unpaired) electrons. The summed E-state index contributed by atoms with van der Waals surface area (Å²) in [4.78, 5) is 21.3. The lowest BCUT2D eigenvalue weighted by molar-refractivity contribution is 0.415. The fraction of sp³-hybridized carbons (Fsp3) is 0.188. The van der Waals surface area contributed by atoms with Gasteiger partial charge in [-0.15, -0.1) is 0 Å². The Morgan fingerprint density at radius 1 is 1.09 bits per heavy atom. The van der Waals surface area contributed by atoms with Crippen LogP contribution in [0.2, 0.25) is 0 Å². The molecule has 6 heteroatoms. The predicted molar refractivity (Wildman–Crippen MR) is 88.5 cm³/mol. The molecule has 3 rings (SSSR count). The second kappa shape index (κ2) is 5.81. The second-order valence-corrected chi connectivity index (χ2v) is 5.53. The van der Waals surface area contributed by atoms with Crippen LogP contribution in [0.15, 0.2) is 46.3 Å². The van der Waals surface area contributed by atoms with Crippen molar-refractivity contribution in [1.82, 2.24) is 14.5 Å². The Bertz CT molecular complexity index is 888. The summed E-state index contributed by atoms with van der Waals surface area (Å²) in [5.74, 6) is 0.793. The zero-order valence-corrected chi connectivity index (χ0v) is 13.3. The molecule has 0 atom stereocenters. The fourth-order valence-electron chi connectivity index (χ4n) is 2.24. The first-order valence-corrected chi connectivity index (χ1v) is 7.92. The van der Waals surface area contributed by atoms with Crippen molar-refractivity contribution in [2.75, 3.05) is 13.4 Å². The summed E-state index contributed by atoms with van der Waals surface area (Å²) in [6.07, 6.45) is 1.89. The normalized spacial score (nSPS) is 10.9. The second-order valence-electron chi connectivity index (χ2n) is 4.76. The number of ether oxygens (including phenoxy) is 1. The first kappa shape index (κ1) is 14.6. The Morgan fingerprint density at radius 3 is 2.45 bits per heavy atom. The molecule has 0 saturated heterocycles. The lowest BCUT2D eigenvalue weighted by atomic mass is 10.1. The van der Waals surface area contributed by atoms with Crippen molar-refractivity contribution in [3.8, 4) is 17.0 Å². The number of methoxy groups -OCH3 is 1. The van der Waals surface area contributed by atoms with Crippen LogP contribution in [0, 0.1) is 0 Å². The first-order chi connectivity index (χ1) is 10.6. The van der Waals surface area contributed by atoms with E-state index < -0.39 is 0 Å². The van der Waals surface area contributed by atoms with Crippen LogP contribution in [-0.4, -0.2) is 27.9 Å². The molecule has 1 aromatic carbocycles. The van der Waals surface area contributed by atoms with E-state index in [2.05, 4.69) is 9.97 Å². The van der Waals surface area contributed by atoms with Gasteiger partial charge in [-0.1, -0.05) is 11.8 Å². The zero-order chi connectivity index (χ0) is 15.7. The number of benzene rings is 1. The number of thioether (sulfide) groups is 1. The number of nitrogens with zero attached hydrogens (tertiary/aromatic N) is 3. The van der Waals surface area contributed by atoms with Gasteiger partial charge in [-0.3, -0.25) is 9.36 Å². The molecule has 2 heterocycles. The summed E-state index contributed by atoms with van der Waals surface area (Å²) < 4.78 is 6.70. The van der Waals surface area contributed by atoms with Gasteiger partial charge < -0.3 is 4.74 Å². The molecule has 112 valence electrons. The van der Waals surface area contributed by atoms with Gasteiger partial charge in [0.2, 0.25) is 0 Å². The van der Waals surface area contributed by atoms with Crippen molar-refractivity contribution < 1.29 is 4.74 Å². The van der Waals surface area contributed by atoms with Gasteiger partial charge in [0.15, 0.2) is 10.8 Å². The summed E-state index contributed by atoms with van der Waals surface area (Å²) in [6.45, 7) is 0. The maximum atomic E-state index is 12.3. The molecule has 0 spiro atoms. The molecule has 0 saturated carbocycles. The standard InChI is InChI=1S/C16H15N3O2S/c1-19-15(20)12-8-9-13(17-14(12)18-16(19)22-3)10-4-6-11(21-2)7-5-10/h4-9H,1-3H3. The van der Waals surface area contributed by atoms with Crippen molar-refractivity contribution in [1.29, 1.82) is 0 Å². The highest BCUT2D eigenvalue weighted by Crippen LogP contribution is 2.22. The number of fused-ring (bicyclic) bond motifs is 1. The lowest BCUT2D eigenvalue weighted by Crippen LogP contribution is -2.20. The number of rotatable bonds is 3. The van der Waals surface area contributed by atoms with Crippen LogP contribution in [-0.2, 0) is 7.05 Å². The predicted octanol–water partition coefficient (Wildman–Crippen LogP) is 2.73. The van der Waals surface area contributed by atoms with Crippen LogP contribution >= 0.6 is 11.8 Å². The Morgan fingerprint density at radius 2 is 1.82 bits per heavy atom. The van der Waals surface area contributed by atoms with Crippen molar-refractivity contribution in [2.24, 2.45) is 7.05 Å². The zero-order valence-electron chi connectivity index (χ0n) is 12.5. The van der Waals surface area contributed by atoms with Crippen LogP contribution < -0.4 is 10.3 Å². The molecule has 2 aromatic heterocycles. The molecule has 0 bridgehead atoms. The molecule has 22 heavy (non-hydrogen) atoms. The highest BCUT2D eigenvalue weighted by Gasteiger charge is 2.10. The topological polar surface area (TPSA) is 57.0 Å². The summed E-state index contributed by atoms with van der Waals surface area (Å²) in [7, 11) is 3.35. The van der Waals surface area contributed by atoms with E-state index in [-0.39, 0.29) is 5.56 Å². The van der Waals surface area contributed by atoms with Gasteiger partial charge >= 0.3 is 0 Å². The highest BCUT2D eigenvalue weighted by atomic mass is 32.2. The molecule has 0 unspecified atom stereocenters. The van der Waals surface area contributed by atoms with Crippen LogP contribution in [0.5, 0.6) is 5.75 Å². The van der Waals surface area contributed by atoms with Crippen LogP contribution in [0.4, 0.5) is 0 Å². The lowest BCUT2D eigenvalue weighted by Gasteiger charge is -2.08. The van der Waals surface area contributed by atoms with Gasteiger partial charge in [-0.25, -0.2) is 9.97 Å². The van der Waals surface area contributed by atoms with E-state index in [1.807, 2.05) is 36.6 Å². The quantitative estimate of drug-likeness (QED) is 0.550. The maximum Gasteiger partial charge on any atom is 0.263 e. The van der Waals surface area contributed by atoms with E-state index in [9.17, 15) is 4.79 Å². The molecule has 0 N–H and O–H groups in total. The fourth-order valence-corrected chi connectivity index (χ4v) is 2.77. The molecular weight excluding hydrogens is 298 g/mol. The molecular formula is C16H15N3O2S. The van der Waals surface area contributed by atoms with Gasteiger partial charge in [0.1, 0.15) is 5.75 Å². The molecule has 5 nitrogen and oxygen atoms in total. The van der Waals surface area contributed by atoms with E-state index >= 15 is 0 Å².